The number of nitrogens with zero attached hydrogens (tertiary/aromatic N) is 2. The van der Waals surface area contributed by atoms with Crippen LogP contribution in [0.4, 0.5) is 0 Å². The first kappa shape index (κ1) is 13.5. The van der Waals surface area contributed by atoms with Crippen LogP contribution < -0.4 is 0 Å². The average molecular weight is 228 g/mol. The lowest BCUT2D eigenvalue weighted by molar-refractivity contribution is -0.134. The fourth-order valence-electron chi connectivity index (χ4n) is 2.27. The van der Waals surface area contributed by atoms with E-state index >= 15 is 0 Å². The van der Waals surface area contributed by atoms with Crippen molar-refractivity contribution in [1.82, 2.24) is 9.80 Å². The van der Waals surface area contributed by atoms with Crippen molar-refractivity contribution in [2.45, 2.75) is 25.7 Å². The van der Waals surface area contributed by atoms with Crippen molar-refractivity contribution in [2.24, 2.45) is 5.92 Å². The lowest BCUT2D eigenvalue weighted by Gasteiger charge is -2.33. The van der Waals surface area contributed by atoms with E-state index in [0.717, 1.165) is 45.3 Å². The van der Waals surface area contributed by atoms with Crippen LogP contribution in [0.1, 0.15) is 25.7 Å². The maximum absolute atomic E-state index is 11.8. The van der Waals surface area contributed by atoms with Gasteiger partial charge in [-0.1, -0.05) is 0 Å². The number of likely N-dealkylation sites (tertiary alicyclic amines) is 1. The number of carbonyl (C=O) groups excluding carboxylic acids is 1. The molecule has 0 saturated carbocycles. The van der Waals surface area contributed by atoms with Gasteiger partial charge in [-0.15, -0.1) is 0 Å². The Labute approximate surface area is 98.2 Å². The summed E-state index contributed by atoms with van der Waals surface area (Å²) < 4.78 is 0. The molecule has 0 aromatic rings. The molecule has 16 heavy (non-hydrogen) atoms. The largest absolute Gasteiger partial charge is 0.396 e. The van der Waals surface area contributed by atoms with Crippen molar-refractivity contribution >= 4 is 5.91 Å². The van der Waals surface area contributed by atoms with Crippen LogP contribution in [-0.4, -0.2) is 61.2 Å². The summed E-state index contributed by atoms with van der Waals surface area (Å²) in [6.07, 6.45) is 4.03. The predicted molar refractivity (Wildman–Crippen MR) is 64.2 cm³/mol. The number of carbonyl (C=O) groups is 1. The van der Waals surface area contributed by atoms with E-state index in [9.17, 15) is 4.79 Å². The summed E-state index contributed by atoms with van der Waals surface area (Å²) in [5.41, 5.74) is 0. The SMILES string of the molecule is CN(C)C(=O)C1CCCN(CCCCO)C1. The van der Waals surface area contributed by atoms with Gasteiger partial charge in [0.2, 0.25) is 5.91 Å². The molecule has 1 rings (SSSR count). The molecule has 1 atom stereocenters. The normalized spacial score (nSPS) is 22.1. The molecule has 0 aromatic heterocycles. The number of unbranched alkanes of at least 4 members (excludes halogenated alkanes) is 1. The molecule has 0 aromatic carbocycles. The number of amides is 1. The van der Waals surface area contributed by atoms with E-state index in [4.69, 9.17) is 5.11 Å². The number of aliphatic hydroxyl groups excluding tert-OH is 1. The van der Waals surface area contributed by atoms with E-state index in [-0.39, 0.29) is 18.4 Å². The first-order valence-corrected chi connectivity index (χ1v) is 6.19. The molecule has 0 bridgehead atoms. The van der Waals surface area contributed by atoms with Crippen molar-refractivity contribution in [3.05, 3.63) is 0 Å². The number of hydrogen-bond acceptors (Lipinski definition) is 3. The van der Waals surface area contributed by atoms with Gasteiger partial charge in [-0.2, -0.15) is 0 Å². The Morgan fingerprint density at radius 1 is 1.44 bits per heavy atom. The fraction of sp³-hybridized carbons (Fsp3) is 0.917. The van der Waals surface area contributed by atoms with Gasteiger partial charge in [0.1, 0.15) is 0 Å². The van der Waals surface area contributed by atoms with Crippen LogP contribution in [0.2, 0.25) is 0 Å². The molecular weight excluding hydrogens is 204 g/mol. The van der Waals surface area contributed by atoms with E-state index in [1.54, 1.807) is 4.90 Å². The van der Waals surface area contributed by atoms with Crippen LogP contribution in [-0.2, 0) is 4.79 Å². The highest BCUT2D eigenvalue weighted by molar-refractivity contribution is 5.78. The Balaban J connectivity index is 2.32. The summed E-state index contributed by atoms with van der Waals surface area (Å²) in [4.78, 5) is 15.9. The van der Waals surface area contributed by atoms with Crippen LogP contribution >= 0.6 is 0 Å². The molecule has 4 heteroatoms. The van der Waals surface area contributed by atoms with Crippen molar-refractivity contribution in [2.75, 3.05) is 40.3 Å². The highest BCUT2D eigenvalue weighted by atomic mass is 16.2. The molecule has 1 heterocycles. The Morgan fingerprint density at radius 3 is 2.81 bits per heavy atom. The second-order valence-electron chi connectivity index (χ2n) is 4.80. The van der Waals surface area contributed by atoms with Gasteiger partial charge in [0.05, 0.1) is 5.92 Å². The fourth-order valence-corrected chi connectivity index (χ4v) is 2.27. The van der Waals surface area contributed by atoms with Crippen molar-refractivity contribution < 1.29 is 9.90 Å². The third kappa shape index (κ3) is 4.10. The van der Waals surface area contributed by atoms with Gasteiger partial charge in [0.25, 0.3) is 0 Å². The van der Waals surface area contributed by atoms with E-state index < -0.39 is 0 Å². The topological polar surface area (TPSA) is 43.8 Å². The van der Waals surface area contributed by atoms with Gasteiger partial charge in [-0.05, 0) is 38.8 Å². The van der Waals surface area contributed by atoms with Crippen LogP contribution in [0.5, 0.6) is 0 Å². The predicted octanol–water partition coefficient (Wildman–Crippen LogP) is 0.559. The minimum absolute atomic E-state index is 0.179. The molecule has 1 unspecified atom stereocenters. The number of piperidine rings is 1. The third-order valence-electron chi connectivity index (χ3n) is 3.18. The van der Waals surface area contributed by atoms with Gasteiger partial charge in [0.15, 0.2) is 0 Å². The molecule has 94 valence electrons. The molecule has 0 aliphatic carbocycles. The summed E-state index contributed by atoms with van der Waals surface area (Å²) in [6, 6.07) is 0. The maximum Gasteiger partial charge on any atom is 0.226 e. The Morgan fingerprint density at radius 2 is 2.19 bits per heavy atom. The Hall–Kier alpha value is -0.610. The molecule has 1 aliphatic heterocycles. The highest BCUT2D eigenvalue weighted by Gasteiger charge is 2.26. The van der Waals surface area contributed by atoms with Crippen molar-refractivity contribution in [3.8, 4) is 0 Å². The minimum atomic E-state index is 0.179. The Bertz CT molecular complexity index is 219. The molecule has 1 fully saturated rings. The van der Waals surface area contributed by atoms with E-state index in [0.29, 0.717) is 0 Å². The molecule has 0 radical (unpaired) electrons. The van der Waals surface area contributed by atoms with E-state index in [2.05, 4.69) is 4.90 Å². The zero-order chi connectivity index (χ0) is 12.0. The summed E-state index contributed by atoms with van der Waals surface area (Å²) in [6.45, 7) is 3.27. The van der Waals surface area contributed by atoms with Gasteiger partial charge in [-0.25, -0.2) is 0 Å². The highest BCUT2D eigenvalue weighted by Crippen LogP contribution is 2.18. The summed E-state index contributed by atoms with van der Waals surface area (Å²) >= 11 is 0. The zero-order valence-electron chi connectivity index (χ0n) is 10.5. The second kappa shape index (κ2) is 6.86. The summed E-state index contributed by atoms with van der Waals surface area (Å²) in [5, 5.41) is 8.73. The maximum atomic E-state index is 11.8. The minimum Gasteiger partial charge on any atom is -0.396 e. The van der Waals surface area contributed by atoms with Gasteiger partial charge < -0.3 is 14.9 Å². The van der Waals surface area contributed by atoms with E-state index in [1.807, 2.05) is 14.1 Å². The van der Waals surface area contributed by atoms with Gasteiger partial charge in [-0.3, -0.25) is 4.79 Å². The van der Waals surface area contributed by atoms with E-state index in [1.165, 1.54) is 0 Å². The van der Waals surface area contributed by atoms with Crippen LogP contribution in [0.15, 0.2) is 0 Å². The van der Waals surface area contributed by atoms with Crippen molar-refractivity contribution in [3.63, 3.8) is 0 Å². The lowest BCUT2D eigenvalue weighted by atomic mass is 9.96. The van der Waals surface area contributed by atoms with Gasteiger partial charge in [0, 0.05) is 27.2 Å². The van der Waals surface area contributed by atoms with Crippen LogP contribution in [0.25, 0.3) is 0 Å². The summed E-state index contributed by atoms with van der Waals surface area (Å²) in [5.74, 6) is 0.435. The first-order chi connectivity index (χ1) is 7.65. The second-order valence-corrected chi connectivity index (χ2v) is 4.80. The third-order valence-corrected chi connectivity index (χ3v) is 3.18. The van der Waals surface area contributed by atoms with Gasteiger partial charge >= 0.3 is 0 Å². The number of hydrogen-bond donors (Lipinski definition) is 1. The van der Waals surface area contributed by atoms with Crippen molar-refractivity contribution in [1.29, 1.82) is 0 Å². The van der Waals surface area contributed by atoms with Crippen LogP contribution in [0.3, 0.4) is 0 Å². The standard InChI is InChI=1S/C12H24N2O2/c1-13(2)12(16)11-6-5-8-14(10-11)7-3-4-9-15/h11,15H,3-10H2,1-2H3. The molecule has 1 N–H and O–H groups in total. The molecule has 1 aliphatic rings. The molecule has 1 saturated heterocycles. The average Bonchev–Trinajstić information content (AvgIpc) is 2.29. The lowest BCUT2D eigenvalue weighted by Crippen LogP contribution is -2.42. The van der Waals surface area contributed by atoms with Crippen LogP contribution in [0, 0.1) is 5.92 Å². The Kier molecular flexibility index (Phi) is 5.77. The summed E-state index contributed by atoms with van der Waals surface area (Å²) in [7, 11) is 3.65. The smallest absolute Gasteiger partial charge is 0.226 e. The number of rotatable bonds is 5. The molecule has 0 spiro atoms. The molecular formula is C12H24N2O2. The monoisotopic (exact) mass is 228 g/mol. The quantitative estimate of drug-likeness (QED) is 0.699. The molecule has 4 nitrogen and oxygen atoms in total. The number of aliphatic hydroxyl groups is 1. The zero-order valence-corrected chi connectivity index (χ0v) is 10.5. The molecule has 1 amide bonds. The first-order valence-electron chi connectivity index (χ1n) is 6.19.